The molecular formula is C14H7BrN2O4. The molecule has 104 valence electrons. The number of carboxylic acid groups (broad SMARTS) is 1. The number of carboxylic acids is 1. The third kappa shape index (κ3) is 1.64. The number of hydrogen-bond acceptors (Lipinski definition) is 4. The first-order valence-electron chi connectivity index (χ1n) is 6.01. The Morgan fingerprint density at radius 3 is 2.62 bits per heavy atom. The van der Waals surface area contributed by atoms with Gasteiger partial charge in [0.05, 0.1) is 28.3 Å². The maximum atomic E-state index is 11.0. The topological polar surface area (TPSA) is 92.3 Å². The van der Waals surface area contributed by atoms with E-state index in [1.165, 1.54) is 6.07 Å². The lowest BCUT2D eigenvalue weighted by atomic mass is 10.0. The van der Waals surface area contributed by atoms with E-state index in [2.05, 4.69) is 26.1 Å². The summed E-state index contributed by atoms with van der Waals surface area (Å²) in [5, 5.41) is 17.2. The largest absolute Gasteiger partial charge is 0.477 e. The molecule has 0 spiro atoms. The van der Waals surface area contributed by atoms with Gasteiger partial charge in [0.15, 0.2) is 0 Å². The Hall–Kier alpha value is -2.54. The van der Waals surface area contributed by atoms with Crippen molar-refractivity contribution in [2.75, 3.05) is 0 Å². The van der Waals surface area contributed by atoms with E-state index in [1.54, 1.807) is 18.6 Å². The molecule has 7 heteroatoms. The van der Waals surface area contributed by atoms with Crippen molar-refractivity contribution < 1.29 is 18.7 Å². The molecule has 3 heterocycles. The Morgan fingerprint density at radius 2 is 1.90 bits per heavy atom. The fourth-order valence-corrected chi connectivity index (χ4v) is 3.03. The van der Waals surface area contributed by atoms with Gasteiger partial charge in [0.25, 0.3) is 0 Å². The summed E-state index contributed by atoms with van der Waals surface area (Å²) in [4.78, 5) is 11.0. The van der Waals surface area contributed by atoms with E-state index in [1.807, 2.05) is 6.07 Å². The van der Waals surface area contributed by atoms with E-state index in [0.717, 1.165) is 15.2 Å². The van der Waals surface area contributed by atoms with Gasteiger partial charge in [-0.3, -0.25) is 5.10 Å². The zero-order valence-corrected chi connectivity index (χ0v) is 12.0. The van der Waals surface area contributed by atoms with Crippen LogP contribution in [0.1, 0.15) is 10.5 Å². The molecule has 4 rings (SSSR count). The Morgan fingerprint density at radius 1 is 1.19 bits per heavy atom. The van der Waals surface area contributed by atoms with Crippen LogP contribution in [-0.4, -0.2) is 21.3 Å². The summed E-state index contributed by atoms with van der Waals surface area (Å²) in [6.45, 7) is 0. The Bertz CT molecular complexity index is 943. The monoisotopic (exact) mass is 346 g/mol. The van der Waals surface area contributed by atoms with Crippen LogP contribution in [0, 0.1) is 0 Å². The van der Waals surface area contributed by atoms with Crippen LogP contribution in [-0.2, 0) is 0 Å². The average molecular weight is 347 g/mol. The van der Waals surface area contributed by atoms with E-state index in [4.69, 9.17) is 13.9 Å². The third-order valence-electron chi connectivity index (χ3n) is 3.33. The summed E-state index contributed by atoms with van der Waals surface area (Å²) in [5.41, 5.74) is 2.50. The predicted octanol–water partition coefficient (Wildman–Crippen LogP) is 4.03. The Balaban J connectivity index is 2.13. The van der Waals surface area contributed by atoms with Crippen LogP contribution in [0.25, 0.3) is 33.2 Å². The number of nitrogens with zero attached hydrogens (tertiary/aromatic N) is 1. The van der Waals surface area contributed by atoms with Crippen molar-refractivity contribution in [2.24, 2.45) is 0 Å². The molecule has 0 amide bonds. The smallest absolute Gasteiger partial charge is 0.353 e. The van der Waals surface area contributed by atoms with Crippen LogP contribution >= 0.6 is 15.9 Å². The molecule has 2 N–H and O–H groups in total. The van der Waals surface area contributed by atoms with Gasteiger partial charge in [-0.05, 0) is 34.1 Å². The molecule has 6 nitrogen and oxygen atoms in total. The van der Waals surface area contributed by atoms with Crippen LogP contribution < -0.4 is 0 Å². The Labute approximate surface area is 125 Å². The molecule has 0 saturated heterocycles. The van der Waals surface area contributed by atoms with Crippen molar-refractivity contribution in [2.45, 2.75) is 0 Å². The van der Waals surface area contributed by atoms with Gasteiger partial charge in [-0.25, -0.2) is 4.79 Å². The lowest BCUT2D eigenvalue weighted by molar-refractivity contribution is 0.0690. The van der Waals surface area contributed by atoms with Gasteiger partial charge >= 0.3 is 5.97 Å². The molecule has 4 aromatic rings. The average Bonchev–Trinajstić information content (AvgIpc) is 3.19. The zero-order chi connectivity index (χ0) is 14.6. The van der Waals surface area contributed by atoms with Crippen molar-refractivity contribution in [1.82, 2.24) is 10.2 Å². The second kappa shape index (κ2) is 4.23. The van der Waals surface area contributed by atoms with Gasteiger partial charge in [0.1, 0.15) is 16.9 Å². The standard InChI is InChI=1S/C14H7BrN2O4/c15-11-7-2-4-20-12(7)10(6-1-3-21-13(6)11)8-5-9(14(18)19)17-16-8/h1-5H,(H,16,17)(H,18,19). The van der Waals surface area contributed by atoms with E-state index in [0.29, 0.717) is 22.4 Å². The third-order valence-corrected chi connectivity index (χ3v) is 4.11. The molecule has 0 atom stereocenters. The molecular weight excluding hydrogens is 340 g/mol. The second-order valence-electron chi connectivity index (χ2n) is 4.49. The molecule has 0 aliphatic rings. The highest BCUT2D eigenvalue weighted by Gasteiger charge is 2.21. The van der Waals surface area contributed by atoms with Crippen LogP contribution in [0.15, 0.2) is 44.0 Å². The van der Waals surface area contributed by atoms with Gasteiger partial charge in [0.2, 0.25) is 0 Å². The van der Waals surface area contributed by atoms with E-state index in [9.17, 15) is 4.79 Å². The number of rotatable bonds is 2. The minimum Gasteiger partial charge on any atom is -0.477 e. The van der Waals surface area contributed by atoms with E-state index in [-0.39, 0.29) is 5.69 Å². The summed E-state index contributed by atoms with van der Waals surface area (Å²) in [6.07, 6.45) is 3.14. The molecule has 0 unspecified atom stereocenters. The maximum Gasteiger partial charge on any atom is 0.353 e. The van der Waals surface area contributed by atoms with Crippen molar-refractivity contribution in [3.8, 4) is 11.3 Å². The number of aromatic carboxylic acids is 1. The quantitative estimate of drug-likeness (QED) is 0.571. The summed E-state index contributed by atoms with van der Waals surface area (Å²) < 4.78 is 11.9. The summed E-state index contributed by atoms with van der Waals surface area (Å²) in [7, 11) is 0. The van der Waals surface area contributed by atoms with Crippen LogP contribution in [0.3, 0.4) is 0 Å². The SMILES string of the molecule is O=C(O)c1cc(-c2c3ccoc3c(Br)c3ccoc23)n[nH]1. The number of hydrogen-bond donors (Lipinski definition) is 2. The lowest BCUT2D eigenvalue weighted by Gasteiger charge is -2.03. The molecule has 0 bridgehead atoms. The first-order chi connectivity index (χ1) is 10.2. The van der Waals surface area contributed by atoms with Crippen LogP contribution in [0.5, 0.6) is 0 Å². The number of H-pyrrole nitrogens is 1. The summed E-state index contributed by atoms with van der Waals surface area (Å²) >= 11 is 3.50. The summed E-state index contributed by atoms with van der Waals surface area (Å²) in [5.74, 6) is -1.06. The number of furan rings is 2. The number of halogens is 1. The van der Waals surface area contributed by atoms with Gasteiger partial charge in [-0.1, -0.05) is 0 Å². The fourth-order valence-electron chi connectivity index (χ4n) is 2.41. The predicted molar refractivity (Wildman–Crippen MR) is 78.2 cm³/mol. The number of benzene rings is 1. The lowest BCUT2D eigenvalue weighted by Crippen LogP contribution is -1.95. The number of nitrogens with one attached hydrogen (secondary N) is 1. The van der Waals surface area contributed by atoms with E-state index < -0.39 is 5.97 Å². The normalized spacial score (nSPS) is 11.5. The van der Waals surface area contributed by atoms with Crippen molar-refractivity contribution in [3.05, 3.63) is 40.9 Å². The van der Waals surface area contributed by atoms with Crippen molar-refractivity contribution >= 4 is 43.8 Å². The molecule has 0 saturated carbocycles. The fraction of sp³-hybridized carbons (Fsp3) is 0. The molecule has 0 fully saturated rings. The highest BCUT2D eigenvalue weighted by atomic mass is 79.9. The first kappa shape index (κ1) is 12.2. The van der Waals surface area contributed by atoms with Gasteiger partial charge in [-0.15, -0.1) is 0 Å². The maximum absolute atomic E-state index is 11.0. The number of fused-ring (bicyclic) bond motifs is 2. The number of aromatic amines is 1. The number of aromatic nitrogens is 2. The zero-order valence-electron chi connectivity index (χ0n) is 10.4. The number of carbonyl (C=O) groups is 1. The highest BCUT2D eigenvalue weighted by Crippen LogP contribution is 2.42. The van der Waals surface area contributed by atoms with Crippen molar-refractivity contribution in [3.63, 3.8) is 0 Å². The minimum atomic E-state index is -1.06. The van der Waals surface area contributed by atoms with Gasteiger partial charge < -0.3 is 13.9 Å². The molecule has 21 heavy (non-hydrogen) atoms. The molecule has 0 aliphatic heterocycles. The second-order valence-corrected chi connectivity index (χ2v) is 5.28. The molecule has 0 aliphatic carbocycles. The molecule has 3 aromatic heterocycles. The minimum absolute atomic E-state index is 0.0178. The van der Waals surface area contributed by atoms with Gasteiger partial charge in [-0.2, -0.15) is 5.10 Å². The molecule has 1 aromatic carbocycles. The van der Waals surface area contributed by atoms with Crippen LogP contribution in [0.4, 0.5) is 0 Å². The van der Waals surface area contributed by atoms with E-state index >= 15 is 0 Å². The first-order valence-corrected chi connectivity index (χ1v) is 6.81. The molecule has 0 radical (unpaired) electrons. The summed E-state index contributed by atoms with van der Waals surface area (Å²) in [6, 6.07) is 5.09. The van der Waals surface area contributed by atoms with Crippen LogP contribution in [0.2, 0.25) is 0 Å². The Kier molecular flexibility index (Phi) is 2.46. The highest BCUT2D eigenvalue weighted by molar-refractivity contribution is 9.10. The van der Waals surface area contributed by atoms with Crippen molar-refractivity contribution in [1.29, 1.82) is 0 Å². The van der Waals surface area contributed by atoms with Gasteiger partial charge in [0, 0.05) is 10.8 Å².